The van der Waals surface area contributed by atoms with E-state index in [1.165, 1.54) is 12.8 Å². The number of hydrogen-bond donors (Lipinski definition) is 0. The highest BCUT2D eigenvalue weighted by Crippen LogP contribution is 2.43. The molecule has 1 fully saturated rings. The van der Waals surface area contributed by atoms with Crippen LogP contribution in [0.2, 0.25) is 0 Å². The number of benzene rings is 1. The maximum absolute atomic E-state index is 12.4. The van der Waals surface area contributed by atoms with Crippen molar-refractivity contribution in [2.24, 2.45) is 0 Å². The quantitative estimate of drug-likeness (QED) is 0.861. The number of likely N-dealkylation sites (N-methyl/N-ethyl adjacent to an activating group) is 1. The van der Waals surface area contributed by atoms with E-state index in [1.807, 2.05) is 18.2 Å². The molecule has 6 nitrogen and oxygen atoms in total. The second kappa shape index (κ2) is 5.92. The largest absolute Gasteiger partial charge is 0.473 e. The molecule has 128 valence electrons. The van der Waals surface area contributed by atoms with Crippen molar-refractivity contribution in [3.8, 4) is 11.9 Å². The van der Waals surface area contributed by atoms with Gasteiger partial charge in [0.2, 0.25) is 5.88 Å². The highest BCUT2D eigenvalue weighted by atomic mass is 16.5. The van der Waals surface area contributed by atoms with E-state index in [0.29, 0.717) is 18.1 Å². The third-order valence-corrected chi connectivity index (χ3v) is 5.48. The Morgan fingerprint density at radius 1 is 1.28 bits per heavy atom. The van der Waals surface area contributed by atoms with Crippen LogP contribution in [-0.4, -0.2) is 22.1 Å². The van der Waals surface area contributed by atoms with E-state index >= 15 is 0 Å². The molecule has 0 unspecified atom stereocenters. The van der Waals surface area contributed by atoms with Crippen molar-refractivity contribution in [3.63, 3.8) is 0 Å². The summed E-state index contributed by atoms with van der Waals surface area (Å²) in [4.78, 5) is 18.7. The first kappa shape index (κ1) is 15.7. The molecule has 1 saturated carbocycles. The lowest BCUT2D eigenvalue weighted by Crippen LogP contribution is -2.41. The van der Waals surface area contributed by atoms with Gasteiger partial charge in [-0.3, -0.25) is 4.57 Å². The monoisotopic (exact) mass is 336 g/mol. The number of rotatable bonds is 3. The van der Waals surface area contributed by atoms with Crippen molar-refractivity contribution in [1.82, 2.24) is 9.55 Å². The molecule has 0 atom stereocenters. The Balaban J connectivity index is 1.55. The molecule has 0 radical (unpaired) electrons. The van der Waals surface area contributed by atoms with Crippen LogP contribution in [0, 0.1) is 11.3 Å². The van der Waals surface area contributed by atoms with E-state index in [2.05, 4.69) is 23.0 Å². The van der Waals surface area contributed by atoms with E-state index in [-0.39, 0.29) is 11.2 Å². The van der Waals surface area contributed by atoms with Gasteiger partial charge in [-0.2, -0.15) is 10.2 Å². The van der Waals surface area contributed by atoms with Gasteiger partial charge in [0.1, 0.15) is 12.4 Å². The number of fused-ring (bicyclic) bond motifs is 1. The number of hydrogen-bond acceptors (Lipinski definition) is 5. The fourth-order valence-electron chi connectivity index (χ4n) is 3.98. The molecule has 1 aliphatic carbocycles. The highest BCUT2D eigenvalue weighted by Gasteiger charge is 2.44. The van der Waals surface area contributed by atoms with Crippen LogP contribution in [0.15, 0.2) is 35.1 Å². The minimum atomic E-state index is -0.247. The van der Waals surface area contributed by atoms with E-state index in [0.717, 1.165) is 30.8 Å². The van der Waals surface area contributed by atoms with E-state index in [9.17, 15) is 4.79 Å². The Kier molecular flexibility index (Phi) is 3.72. The zero-order valence-electron chi connectivity index (χ0n) is 14.2. The molecule has 0 N–H and O–H groups in total. The summed E-state index contributed by atoms with van der Waals surface area (Å²) in [6.45, 7) is 1.04. The van der Waals surface area contributed by atoms with Crippen LogP contribution in [0.25, 0.3) is 0 Å². The van der Waals surface area contributed by atoms with E-state index < -0.39 is 0 Å². The van der Waals surface area contributed by atoms with Crippen molar-refractivity contribution in [1.29, 1.82) is 5.26 Å². The number of aromatic nitrogens is 2. The molecule has 1 aliphatic heterocycles. The number of nitrogens with zero attached hydrogens (tertiary/aromatic N) is 4. The van der Waals surface area contributed by atoms with Crippen LogP contribution >= 0.6 is 0 Å². The molecule has 0 saturated heterocycles. The normalized spacial score (nSPS) is 17.5. The zero-order valence-corrected chi connectivity index (χ0v) is 14.2. The van der Waals surface area contributed by atoms with Gasteiger partial charge in [0.05, 0.1) is 23.7 Å². The van der Waals surface area contributed by atoms with Crippen LogP contribution in [0.5, 0.6) is 5.88 Å². The predicted octanol–water partition coefficient (Wildman–Crippen LogP) is 2.46. The fraction of sp³-hybridized carbons (Fsp3) is 0.421. The van der Waals surface area contributed by atoms with Crippen molar-refractivity contribution < 1.29 is 4.74 Å². The van der Waals surface area contributed by atoms with Gasteiger partial charge < -0.3 is 9.64 Å². The Labute approximate surface area is 146 Å². The average molecular weight is 336 g/mol. The second-order valence-electron chi connectivity index (χ2n) is 6.91. The van der Waals surface area contributed by atoms with Crippen LogP contribution in [0.4, 0.5) is 5.82 Å². The van der Waals surface area contributed by atoms with Crippen LogP contribution < -0.4 is 15.3 Å². The predicted molar refractivity (Wildman–Crippen MR) is 93.6 cm³/mol. The minimum absolute atomic E-state index is 0.0690. The van der Waals surface area contributed by atoms with Crippen molar-refractivity contribution in [3.05, 3.63) is 51.9 Å². The van der Waals surface area contributed by atoms with Gasteiger partial charge in [-0.1, -0.05) is 25.0 Å². The standard InChI is InChI=1S/C19H20N4O2/c1-22-17-10-16(25-12-15-6-4-14(11-20)5-7-15)21-18(24)23(17)13-19(22)8-2-3-9-19/h4-7,10H,2-3,8-9,12-13H2,1H3. The maximum Gasteiger partial charge on any atom is 0.352 e. The van der Waals surface area contributed by atoms with E-state index in [1.54, 1.807) is 16.7 Å². The third-order valence-electron chi connectivity index (χ3n) is 5.48. The molecule has 2 aliphatic rings. The van der Waals surface area contributed by atoms with Gasteiger partial charge in [-0.15, -0.1) is 0 Å². The molecule has 6 heteroatoms. The summed E-state index contributed by atoms with van der Waals surface area (Å²) in [7, 11) is 2.06. The molecule has 2 heterocycles. The Morgan fingerprint density at radius 3 is 2.68 bits per heavy atom. The fourth-order valence-corrected chi connectivity index (χ4v) is 3.98. The van der Waals surface area contributed by atoms with Gasteiger partial charge in [0, 0.05) is 13.1 Å². The first-order valence-corrected chi connectivity index (χ1v) is 8.59. The molecule has 1 aromatic carbocycles. The molecule has 2 aromatic rings. The van der Waals surface area contributed by atoms with Crippen molar-refractivity contribution in [2.45, 2.75) is 44.4 Å². The first-order chi connectivity index (χ1) is 12.1. The molecule has 0 bridgehead atoms. The number of ether oxygens (including phenoxy) is 1. The molecule has 25 heavy (non-hydrogen) atoms. The summed E-state index contributed by atoms with van der Waals surface area (Å²) in [5, 5.41) is 8.84. The van der Waals surface area contributed by atoms with Crippen molar-refractivity contribution in [2.75, 3.05) is 11.9 Å². The summed E-state index contributed by atoms with van der Waals surface area (Å²) in [6.07, 6.45) is 4.66. The Hall–Kier alpha value is -2.81. The Bertz CT molecular complexity index is 889. The van der Waals surface area contributed by atoms with Crippen LogP contribution in [0.1, 0.15) is 36.8 Å². The lowest BCUT2D eigenvalue weighted by atomic mass is 9.97. The summed E-state index contributed by atoms with van der Waals surface area (Å²) in [5.41, 5.74) is 1.37. The summed E-state index contributed by atoms with van der Waals surface area (Å²) < 4.78 is 7.50. The molecule has 0 amide bonds. The lowest BCUT2D eigenvalue weighted by molar-refractivity contribution is 0.291. The number of nitriles is 1. The maximum atomic E-state index is 12.4. The van der Waals surface area contributed by atoms with Crippen LogP contribution in [0.3, 0.4) is 0 Å². The minimum Gasteiger partial charge on any atom is -0.473 e. The SMILES string of the molecule is CN1c2cc(OCc3ccc(C#N)cc3)nc(=O)n2CC12CCCC2. The van der Waals surface area contributed by atoms with Gasteiger partial charge in [0.25, 0.3) is 0 Å². The molecule has 4 rings (SSSR count). The smallest absolute Gasteiger partial charge is 0.352 e. The van der Waals surface area contributed by atoms with Gasteiger partial charge >= 0.3 is 5.69 Å². The molecular formula is C19H20N4O2. The highest BCUT2D eigenvalue weighted by molar-refractivity contribution is 5.49. The molecule has 1 spiro atoms. The Morgan fingerprint density at radius 2 is 2.00 bits per heavy atom. The topological polar surface area (TPSA) is 71.2 Å². The first-order valence-electron chi connectivity index (χ1n) is 8.59. The van der Waals surface area contributed by atoms with Gasteiger partial charge in [0.15, 0.2) is 0 Å². The van der Waals surface area contributed by atoms with Crippen molar-refractivity contribution >= 4 is 5.82 Å². The van der Waals surface area contributed by atoms with Gasteiger partial charge in [-0.05, 0) is 30.5 Å². The summed E-state index contributed by atoms with van der Waals surface area (Å²) in [6, 6.07) is 11.1. The molecule has 1 aromatic heterocycles. The lowest BCUT2D eigenvalue weighted by Gasteiger charge is -2.32. The average Bonchev–Trinajstić information content (AvgIpc) is 3.21. The zero-order chi connectivity index (χ0) is 17.4. The van der Waals surface area contributed by atoms with E-state index in [4.69, 9.17) is 10.00 Å². The third kappa shape index (κ3) is 2.66. The van der Waals surface area contributed by atoms with Gasteiger partial charge in [-0.25, -0.2) is 4.79 Å². The second-order valence-corrected chi connectivity index (χ2v) is 6.91. The molecular weight excluding hydrogens is 316 g/mol. The van der Waals surface area contributed by atoms with Crippen LogP contribution in [-0.2, 0) is 13.2 Å². The summed E-state index contributed by atoms with van der Waals surface area (Å²) >= 11 is 0. The summed E-state index contributed by atoms with van der Waals surface area (Å²) in [5.74, 6) is 1.24. The number of anilines is 1.